The summed E-state index contributed by atoms with van der Waals surface area (Å²) < 4.78 is 55.8. The first-order chi connectivity index (χ1) is 10.1. The van der Waals surface area contributed by atoms with E-state index in [4.69, 9.17) is 0 Å². The fraction of sp³-hybridized carbons (Fsp3) is 0.818. The van der Waals surface area contributed by atoms with Gasteiger partial charge in [0.15, 0.2) is 0 Å². The zero-order valence-corrected chi connectivity index (χ0v) is 14.1. The second-order valence-electron chi connectivity index (χ2n) is 4.34. The lowest BCUT2D eigenvalue weighted by molar-refractivity contribution is -0.135. The number of hydrogen-bond donors (Lipinski definition) is 0. The molecular formula is C11H20O9S2. The summed E-state index contributed by atoms with van der Waals surface area (Å²) in [5.41, 5.74) is 0. The molecule has 0 heterocycles. The quantitative estimate of drug-likeness (QED) is 0.385. The molecule has 9 nitrogen and oxygen atoms in total. The highest BCUT2D eigenvalue weighted by Crippen LogP contribution is 2.09. The van der Waals surface area contributed by atoms with E-state index in [9.17, 15) is 26.4 Å². The maximum absolute atomic E-state index is 11.2. The highest BCUT2D eigenvalue weighted by atomic mass is 32.3. The predicted octanol–water partition coefficient (Wildman–Crippen LogP) is 0.654. The Morgan fingerprint density at radius 2 is 1.27 bits per heavy atom. The number of carbonyl (C=O) groups excluding carboxylic acids is 2. The molecule has 0 saturated carbocycles. The first-order valence-corrected chi connectivity index (χ1v) is 9.74. The molecule has 130 valence electrons. The lowest BCUT2D eigenvalue weighted by Gasteiger charge is -2.04. The van der Waals surface area contributed by atoms with Gasteiger partial charge in [0.25, 0.3) is 0 Å². The van der Waals surface area contributed by atoms with Crippen LogP contribution < -0.4 is 0 Å². The summed E-state index contributed by atoms with van der Waals surface area (Å²) in [7, 11) is -8.06. The monoisotopic (exact) mass is 360 g/mol. The van der Waals surface area contributed by atoms with Crippen LogP contribution in [0, 0.1) is 0 Å². The smallest absolute Gasteiger partial charge is 0.346 e. The van der Waals surface area contributed by atoms with Gasteiger partial charge in [-0.3, -0.25) is 9.59 Å². The minimum Gasteiger partial charge on any atom is -0.346 e. The third-order valence-corrected chi connectivity index (χ3v) is 3.62. The van der Waals surface area contributed by atoms with Gasteiger partial charge < -0.3 is 8.37 Å². The second kappa shape index (κ2) is 9.74. The molecule has 22 heavy (non-hydrogen) atoms. The Morgan fingerprint density at radius 1 is 0.818 bits per heavy atom. The fourth-order valence-electron chi connectivity index (χ4n) is 1.43. The van der Waals surface area contributed by atoms with E-state index in [-0.39, 0.29) is 19.4 Å². The van der Waals surface area contributed by atoms with E-state index < -0.39 is 32.5 Å². The van der Waals surface area contributed by atoms with Crippen molar-refractivity contribution < 1.29 is 39.0 Å². The van der Waals surface area contributed by atoms with Gasteiger partial charge in [0.05, 0.1) is 12.9 Å². The van der Waals surface area contributed by atoms with Crippen molar-refractivity contribution >= 4 is 32.5 Å². The van der Waals surface area contributed by atoms with Crippen LogP contribution in [0.3, 0.4) is 0 Å². The zero-order chi connectivity index (χ0) is 17.2. The van der Waals surface area contributed by atoms with Crippen LogP contribution in [0.15, 0.2) is 0 Å². The minimum atomic E-state index is -4.27. The highest BCUT2D eigenvalue weighted by Gasteiger charge is 2.16. The zero-order valence-electron chi connectivity index (χ0n) is 12.4. The van der Waals surface area contributed by atoms with Gasteiger partial charge in [-0.25, -0.2) is 4.18 Å². The average Bonchev–Trinajstić information content (AvgIpc) is 2.30. The molecule has 11 heteroatoms. The standard InChI is InChI=1S/C11H20O9S2/c1-3-18-22(16,17)20-11(13)9-7-5-4-6-8-10(12)19-21(2,14)15/h3-9H2,1-2H3. The normalized spacial score (nSPS) is 11.9. The van der Waals surface area contributed by atoms with Gasteiger partial charge in [-0.05, 0) is 19.8 Å². The van der Waals surface area contributed by atoms with Gasteiger partial charge >= 0.3 is 32.5 Å². The largest absolute Gasteiger partial charge is 0.451 e. The predicted molar refractivity (Wildman–Crippen MR) is 75.3 cm³/mol. The van der Waals surface area contributed by atoms with Crippen LogP contribution >= 0.6 is 0 Å². The van der Waals surface area contributed by atoms with E-state index in [1.165, 1.54) is 6.92 Å². The Kier molecular flexibility index (Phi) is 9.21. The Balaban J connectivity index is 3.74. The van der Waals surface area contributed by atoms with Crippen molar-refractivity contribution in [1.29, 1.82) is 0 Å². The summed E-state index contributed by atoms with van der Waals surface area (Å²) in [6.45, 7) is 1.32. The van der Waals surface area contributed by atoms with Gasteiger partial charge in [-0.2, -0.15) is 16.8 Å². The summed E-state index contributed by atoms with van der Waals surface area (Å²) in [4.78, 5) is 22.3. The fourth-order valence-corrected chi connectivity index (χ4v) is 2.50. The van der Waals surface area contributed by atoms with Crippen LogP contribution in [0.4, 0.5) is 0 Å². The summed E-state index contributed by atoms with van der Waals surface area (Å²) in [5, 5.41) is 0. The number of unbranched alkanes of at least 4 members (excludes halogenated alkanes) is 3. The van der Waals surface area contributed by atoms with Gasteiger partial charge in [0.2, 0.25) is 0 Å². The topological polar surface area (TPSA) is 130 Å². The van der Waals surface area contributed by atoms with E-state index in [0.29, 0.717) is 25.7 Å². The molecule has 0 aromatic rings. The molecular weight excluding hydrogens is 340 g/mol. The molecule has 0 fully saturated rings. The van der Waals surface area contributed by atoms with Crippen LogP contribution in [-0.2, 0) is 42.7 Å². The highest BCUT2D eigenvalue weighted by molar-refractivity contribution is 7.86. The minimum absolute atomic E-state index is 0.0454. The Morgan fingerprint density at radius 3 is 1.68 bits per heavy atom. The summed E-state index contributed by atoms with van der Waals surface area (Å²) in [5.74, 6) is -1.74. The van der Waals surface area contributed by atoms with Crippen molar-refractivity contribution in [3.05, 3.63) is 0 Å². The maximum atomic E-state index is 11.2. The molecule has 0 radical (unpaired) electrons. The molecule has 0 saturated heterocycles. The lowest BCUT2D eigenvalue weighted by atomic mass is 10.1. The van der Waals surface area contributed by atoms with Crippen molar-refractivity contribution in [3.8, 4) is 0 Å². The van der Waals surface area contributed by atoms with Gasteiger partial charge in [0.1, 0.15) is 0 Å². The van der Waals surface area contributed by atoms with Crippen LogP contribution in [0.25, 0.3) is 0 Å². The van der Waals surface area contributed by atoms with Gasteiger partial charge in [-0.1, -0.05) is 12.8 Å². The van der Waals surface area contributed by atoms with E-state index in [1.54, 1.807) is 0 Å². The van der Waals surface area contributed by atoms with Crippen molar-refractivity contribution in [3.63, 3.8) is 0 Å². The van der Waals surface area contributed by atoms with Crippen molar-refractivity contribution in [1.82, 2.24) is 0 Å². The maximum Gasteiger partial charge on any atom is 0.451 e. The van der Waals surface area contributed by atoms with Crippen molar-refractivity contribution in [2.24, 2.45) is 0 Å². The molecule has 0 unspecified atom stereocenters. The molecule has 0 aromatic heterocycles. The van der Waals surface area contributed by atoms with Crippen LogP contribution in [0.5, 0.6) is 0 Å². The van der Waals surface area contributed by atoms with Gasteiger partial charge in [0, 0.05) is 12.8 Å². The molecule has 0 spiro atoms. The Bertz CT molecular complexity index is 562. The average molecular weight is 360 g/mol. The number of rotatable bonds is 11. The number of carbonyl (C=O) groups is 2. The summed E-state index contributed by atoms with van der Waals surface area (Å²) in [6, 6.07) is 0. The van der Waals surface area contributed by atoms with E-state index in [0.717, 1.165) is 6.26 Å². The van der Waals surface area contributed by atoms with Crippen LogP contribution in [-0.4, -0.2) is 41.6 Å². The SMILES string of the molecule is CCOS(=O)(=O)OC(=O)CCCCCCC(=O)OS(C)(=O)=O. The Labute approximate surface area is 130 Å². The van der Waals surface area contributed by atoms with Gasteiger partial charge in [-0.15, -0.1) is 0 Å². The van der Waals surface area contributed by atoms with Crippen LogP contribution in [0.2, 0.25) is 0 Å². The second-order valence-corrected chi connectivity index (χ2v) is 7.14. The molecule has 0 aliphatic rings. The summed E-state index contributed by atoms with van der Waals surface area (Å²) >= 11 is 0. The molecule has 0 aromatic carbocycles. The van der Waals surface area contributed by atoms with E-state index >= 15 is 0 Å². The molecule has 0 aliphatic carbocycles. The van der Waals surface area contributed by atoms with Crippen molar-refractivity contribution in [2.75, 3.05) is 12.9 Å². The molecule has 0 amide bonds. The molecule has 0 N–H and O–H groups in total. The van der Waals surface area contributed by atoms with Crippen molar-refractivity contribution in [2.45, 2.75) is 45.4 Å². The first-order valence-electron chi connectivity index (χ1n) is 6.59. The molecule has 0 aliphatic heterocycles. The third kappa shape index (κ3) is 12.5. The first kappa shape index (κ1) is 20.8. The summed E-state index contributed by atoms with van der Waals surface area (Å²) in [6.07, 6.45) is 2.53. The third-order valence-electron chi connectivity index (χ3n) is 2.21. The van der Waals surface area contributed by atoms with E-state index in [2.05, 4.69) is 12.5 Å². The van der Waals surface area contributed by atoms with Crippen LogP contribution in [0.1, 0.15) is 45.4 Å². The molecule has 0 bridgehead atoms. The number of hydrogen-bond acceptors (Lipinski definition) is 9. The molecule has 0 atom stereocenters. The van der Waals surface area contributed by atoms with E-state index in [1.807, 2.05) is 0 Å². The Hall–Kier alpha value is -1.20. The molecule has 0 rings (SSSR count). The lowest BCUT2D eigenvalue weighted by Crippen LogP contribution is -2.15.